The van der Waals surface area contributed by atoms with Gasteiger partial charge in [0.15, 0.2) is 6.10 Å². The highest BCUT2D eigenvalue weighted by atomic mass is 35.5. The number of amides is 1. The predicted octanol–water partition coefficient (Wildman–Crippen LogP) is 2.87. The zero-order valence-electron chi connectivity index (χ0n) is 12.7. The summed E-state index contributed by atoms with van der Waals surface area (Å²) in [7, 11) is 0. The summed E-state index contributed by atoms with van der Waals surface area (Å²) in [5.41, 5.74) is -0.901. The van der Waals surface area contributed by atoms with E-state index in [4.69, 9.17) is 16.3 Å². The number of nitrogens with zero attached hydrogens (tertiary/aromatic N) is 1. The Morgan fingerprint density at radius 3 is 2.86 bits per heavy atom. The van der Waals surface area contributed by atoms with E-state index in [2.05, 4.69) is 0 Å². The van der Waals surface area contributed by atoms with Gasteiger partial charge < -0.3 is 14.7 Å². The molecule has 116 valence electrons. The number of aliphatic hydroxyl groups is 1. The standard InChI is InChI=1S/C16H22ClNO3/c1-11(21-13-7-4-6-12(17)10-13)15(19)18-9-5-8-14(18)16(2,3)20/h4,6-7,10-11,14,20H,5,8-9H2,1-3H3. The van der Waals surface area contributed by atoms with Crippen LogP contribution in [0.15, 0.2) is 24.3 Å². The third-order valence-electron chi connectivity index (χ3n) is 3.81. The lowest BCUT2D eigenvalue weighted by Crippen LogP contribution is -2.51. The van der Waals surface area contributed by atoms with E-state index in [1.54, 1.807) is 49.9 Å². The summed E-state index contributed by atoms with van der Waals surface area (Å²) in [5, 5.41) is 10.8. The third-order valence-corrected chi connectivity index (χ3v) is 4.04. The third kappa shape index (κ3) is 3.89. The molecule has 1 aromatic rings. The number of benzene rings is 1. The molecule has 1 saturated heterocycles. The molecule has 2 unspecified atom stereocenters. The first kappa shape index (κ1) is 16.1. The first-order chi connectivity index (χ1) is 9.79. The highest BCUT2D eigenvalue weighted by Crippen LogP contribution is 2.28. The second-order valence-corrected chi connectivity index (χ2v) is 6.50. The molecule has 1 aromatic carbocycles. The molecule has 1 amide bonds. The first-order valence-corrected chi connectivity index (χ1v) is 7.62. The van der Waals surface area contributed by atoms with E-state index < -0.39 is 11.7 Å². The van der Waals surface area contributed by atoms with Gasteiger partial charge in [0.1, 0.15) is 5.75 Å². The van der Waals surface area contributed by atoms with Gasteiger partial charge in [-0.1, -0.05) is 17.7 Å². The van der Waals surface area contributed by atoms with Crippen molar-refractivity contribution in [3.63, 3.8) is 0 Å². The van der Waals surface area contributed by atoms with Gasteiger partial charge in [-0.05, 0) is 51.8 Å². The number of rotatable bonds is 4. The quantitative estimate of drug-likeness (QED) is 0.930. The molecule has 2 rings (SSSR count). The zero-order valence-corrected chi connectivity index (χ0v) is 13.4. The van der Waals surface area contributed by atoms with Gasteiger partial charge in [0.2, 0.25) is 0 Å². The molecular formula is C16H22ClNO3. The van der Waals surface area contributed by atoms with Crippen LogP contribution >= 0.6 is 11.6 Å². The van der Waals surface area contributed by atoms with E-state index in [0.717, 1.165) is 12.8 Å². The van der Waals surface area contributed by atoms with Gasteiger partial charge in [0.25, 0.3) is 5.91 Å². The molecule has 0 aliphatic carbocycles. The maximum Gasteiger partial charge on any atom is 0.263 e. The summed E-state index contributed by atoms with van der Waals surface area (Å²) in [6.45, 7) is 5.87. The highest BCUT2D eigenvalue weighted by Gasteiger charge is 2.40. The Morgan fingerprint density at radius 1 is 1.52 bits per heavy atom. The molecule has 0 bridgehead atoms. The second-order valence-electron chi connectivity index (χ2n) is 6.06. The smallest absolute Gasteiger partial charge is 0.263 e. The topological polar surface area (TPSA) is 49.8 Å². The normalized spacial score (nSPS) is 20.4. The van der Waals surface area contributed by atoms with Crippen molar-refractivity contribution in [1.82, 2.24) is 4.90 Å². The Balaban J connectivity index is 2.05. The maximum atomic E-state index is 12.5. The van der Waals surface area contributed by atoms with Crippen LogP contribution in [0.2, 0.25) is 5.02 Å². The number of hydrogen-bond donors (Lipinski definition) is 1. The molecule has 0 spiro atoms. The lowest BCUT2D eigenvalue weighted by Gasteiger charge is -2.35. The summed E-state index contributed by atoms with van der Waals surface area (Å²) in [6, 6.07) is 6.83. The fraction of sp³-hybridized carbons (Fsp3) is 0.562. The van der Waals surface area contributed by atoms with E-state index in [1.165, 1.54) is 0 Å². The molecular weight excluding hydrogens is 290 g/mol. The molecule has 1 fully saturated rings. The Labute approximate surface area is 130 Å². The fourth-order valence-corrected chi connectivity index (χ4v) is 2.97. The molecule has 0 saturated carbocycles. The van der Waals surface area contributed by atoms with Gasteiger partial charge in [-0.25, -0.2) is 0 Å². The lowest BCUT2D eigenvalue weighted by atomic mass is 9.96. The molecule has 1 heterocycles. The van der Waals surface area contributed by atoms with E-state index >= 15 is 0 Å². The van der Waals surface area contributed by atoms with E-state index in [0.29, 0.717) is 17.3 Å². The summed E-state index contributed by atoms with van der Waals surface area (Å²) in [6.07, 6.45) is 1.12. The van der Waals surface area contributed by atoms with Gasteiger partial charge >= 0.3 is 0 Å². The molecule has 1 N–H and O–H groups in total. The van der Waals surface area contributed by atoms with Crippen LogP contribution in [0.4, 0.5) is 0 Å². The number of halogens is 1. The van der Waals surface area contributed by atoms with Crippen molar-refractivity contribution in [3.8, 4) is 5.75 Å². The molecule has 1 aliphatic heterocycles. The average Bonchev–Trinajstić information content (AvgIpc) is 2.86. The number of likely N-dealkylation sites (tertiary alicyclic amines) is 1. The van der Waals surface area contributed by atoms with Gasteiger partial charge in [-0.3, -0.25) is 4.79 Å². The maximum absolute atomic E-state index is 12.5. The van der Waals surface area contributed by atoms with Crippen LogP contribution in [0.5, 0.6) is 5.75 Å². The number of ether oxygens (including phenoxy) is 1. The molecule has 4 nitrogen and oxygen atoms in total. The van der Waals surface area contributed by atoms with E-state index in [-0.39, 0.29) is 11.9 Å². The molecule has 5 heteroatoms. The van der Waals surface area contributed by atoms with Crippen molar-refractivity contribution in [2.24, 2.45) is 0 Å². The highest BCUT2D eigenvalue weighted by molar-refractivity contribution is 6.30. The van der Waals surface area contributed by atoms with E-state index in [9.17, 15) is 9.90 Å². The van der Waals surface area contributed by atoms with Crippen molar-refractivity contribution >= 4 is 17.5 Å². The average molecular weight is 312 g/mol. The van der Waals surface area contributed by atoms with Crippen LogP contribution in [0.1, 0.15) is 33.6 Å². The van der Waals surface area contributed by atoms with Crippen LogP contribution in [0, 0.1) is 0 Å². The van der Waals surface area contributed by atoms with Crippen LogP contribution < -0.4 is 4.74 Å². The summed E-state index contributed by atoms with van der Waals surface area (Å²) in [4.78, 5) is 14.3. The first-order valence-electron chi connectivity index (χ1n) is 7.24. The van der Waals surface area contributed by atoms with Crippen molar-refractivity contribution in [2.75, 3.05) is 6.54 Å². The van der Waals surface area contributed by atoms with Gasteiger partial charge in [-0.15, -0.1) is 0 Å². The molecule has 21 heavy (non-hydrogen) atoms. The number of hydrogen-bond acceptors (Lipinski definition) is 3. The molecule has 0 radical (unpaired) electrons. The largest absolute Gasteiger partial charge is 0.481 e. The number of carbonyl (C=O) groups excluding carboxylic acids is 1. The van der Waals surface area contributed by atoms with Gasteiger partial charge in [0.05, 0.1) is 11.6 Å². The van der Waals surface area contributed by atoms with Crippen molar-refractivity contribution < 1.29 is 14.6 Å². The zero-order chi connectivity index (χ0) is 15.6. The SMILES string of the molecule is CC(Oc1cccc(Cl)c1)C(=O)N1CCCC1C(C)(C)O. The second kappa shape index (κ2) is 6.24. The monoisotopic (exact) mass is 311 g/mol. The van der Waals surface area contributed by atoms with Crippen LogP contribution in [0.3, 0.4) is 0 Å². The minimum atomic E-state index is -0.901. The number of carbonyl (C=O) groups is 1. The van der Waals surface area contributed by atoms with Gasteiger partial charge in [0, 0.05) is 11.6 Å². The summed E-state index contributed by atoms with van der Waals surface area (Å²) < 4.78 is 5.67. The van der Waals surface area contributed by atoms with Crippen molar-refractivity contribution in [3.05, 3.63) is 29.3 Å². The fourth-order valence-electron chi connectivity index (χ4n) is 2.79. The summed E-state index contributed by atoms with van der Waals surface area (Å²) >= 11 is 5.91. The Bertz CT molecular complexity index is 512. The predicted molar refractivity (Wildman–Crippen MR) is 82.6 cm³/mol. The minimum Gasteiger partial charge on any atom is -0.481 e. The Kier molecular flexibility index (Phi) is 4.79. The van der Waals surface area contributed by atoms with Crippen LogP contribution in [0.25, 0.3) is 0 Å². The summed E-state index contributed by atoms with van der Waals surface area (Å²) in [5.74, 6) is 0.474. The minimum absolute atomic E-state index is 0.0976. The van der Waals surface area contributed by atoms with Crippen LogP contribution in [-0.4, -0.2) is 40.2 Å². The van der Waals surface area contributed by atoms with Crippen LogP contribution in [-0.2, 0) is 4.79 Å². The van der Waals surface area contributed by atoms with Crippen molar-refractivity contribution in [1.29, 1.82) is 0 Å². The molecule has 0 aromatic heterocycles. The van der Waals surface area contributed by atoms with Gasteiger partial charge in [-0.2, -0.15) is 0 Å². The Morgan fingerprint density at radius 2 is 2.24 bits per heavy atom. The molecule has 1 aliphatic rings. The van der Waals surface area contributed by atoms with E-state index in [1.807, 2.05) is 0 Å². The lowest BCUT2D eigenvalue weighted by molar-refractivity contribution is -0.143. The Hall–Kier alpha value is -1.26. The molecule has 2 atom stereocenters. The van der Waals surface area contributed by atoms with Crippen molar-refractivity contribution in [2.45, 2.75) is 51.4 Å².